The number of carbonyl (C=O) groups is 1. The third-order valence-corrected chi connectivity index (χ3v) is 2.85. The minimum absolute atomic E-state index is 0.0497. The SMILES string of the molecule is CCCN(CC)c1cc(C(=O)NCC)ccc1N. The van der Waals surface area contributed by atoms with E-state index in [2.05, 4.69) is 24.1 Å². The van der Waals surface area contributed by atoms with E-state index in [0.29, 0.717) is 12.1 Å². The summed E-state index contributed by atoms with van der Waals surface area (Å²) in [5, 5.41) is 2.80. The van der Waals surface area contributed by atoms with Gasteiger partial charge in [0.2, 0.25) is 0 Å². The lowest BCUT2D eigenvalue weighted by Crippen LogP contribution is -2.26. The molecule has 18 heavy (non-hydrogen) atoms. The second kappa shape index (κ2) is 6.89. The smallest absolute Gasteiger partial charge is 0.251 e. The molecule has 0 spiro atoms. The van der Waals surface area contributed by atoms with E-state index in [1.165, 1.54) is 0 Å². The maximum atomic E-state index is 11.8. The molecule has 0 aliphatic carbocycles. The van der Waals surface area contributed by atoms with Crippen molar-refractivity contribution in [2.24, 2.45) is 0 Å². The molecule has 0 aliphatic rings. The van der Waals surface area contributed by atoms with Gasteiger partial charge < -0.3 is 16.0 Å². The Morgan fingerprint density at radius 3 is 2.61 bits per heavy atom. The van der Waals surface area contributed by atoms with Crippen LogP contribution in [0.1, 0.15) is 37.6 Å². The monoisotopic (exact) mass is 249 g/mol. The lowest BCUT2D eigenvalue weighted by atomic mass is 10.1. The van der Waals surface area contributed by atoms with Crippen molar-refractivity contribution >= 4 is 17.3 Å². The summed E-state index contributed by atoms with van der Waals surface area (Å²) in [5.74, 6) is -0.0497. The number of carbonyl (C=O) groups excluding carboxylic acids is 1. The highest BCUT2D eigenvalue weighted by molar-refractivity contribution is 5.96. The summed E-state index contributed by atoms with van der Waals surface area (Å²) >= 11 is 0. The molecule has 4 nitrogen and oxygen atoms in total. The first-order valence-electron chi connectivity index (χ1n) is 6.56. The molecule has 4 heteroatoms. The number of hydrogen-bond donors (Lipinski definition) is 2. The number of nitrogens with zero attached hydrogens (tertiary/aromatic N) is 1. The molecule has 0 bridgehead atoms. The Balaban J connectivity index is 3.03. The molecular weight excluding hydrogens is 226 g/mol. The van der Waals surface area contributed by atoms with Crippen LogP contribution in [0.25, 0.3) is 0 Å². The van der Waals surface area contributed by atoms with Crippen molar-refractivity contribution < 1.29 is 4.79 Å². The fourth-order valence-electron chi connectivity index (χ4n) is 1.94. The molecule has 0 radical (unpaired) electrons. The van der Waals surface area contributed by atoms with E-state index in [9.17, 15) is 4.79 Å². The third-order valence-electron chi connectivity index (χ3n) is 2.85. The van der Waals surface area contributed by atoms with Crippen LogP contribution in [0.15, 0.2) is 18.2 Å². The highest BCUT2D eigenvalue weighted by atomic mass is 16.1. The maximum Gasteiger partial charge on any atom is 0.251 e. The lowest BCUT2D eigenvalue weighted by molar-refractivity contribution is 0.0956. The summed E-state index contributed by atoms with van der Waals surface area (Å²) in [7, 11) is 0. The zero-order valence-electron chi connectivity index (χ0n) is 11.5. The van der Waals surface area contributed by atoms with Crippen molar-refractivity contribution in [2.75, 3.05) is 30.3 Å². The molecule has 0 fully saturated rings. The van der Waals surface area contributed by atoms with Crippen molar-refractivity contribution in [1.29, 1.82) is 0 Å². The third kappa shape index (κ3) is 3.39. The average molecular weight is 249 g/mol. The molecule has 1 rings (SSSR count). The van der Waals surface area contributed by atoms with Crippen molar-refractivity contribution in [3.05, 3.63) is 23.8 Å². The zero-order valence-corrected chi connectivity index (χ0v) is 11.5. The second-order valence-electron chi connectivity index (χ2n) is 4.21. The van der Waals surface area contributed by atoms with E-state index in [1.807, 2.05) is 13.0 Å². The van der Waals surface area contributed by atoms with Crippen LogP contribution in [-0.2, 0) is 0 Å². The normalized spacial score (nSPS) is 10.2. The van der Waals surface area contributed by atoms with Crippen LogP contribution in [0, 0.1) is 0 Å². The van der Waals surface area contributed by atoms with E-state index >= 15 is 0 Å². The highest BCUT2D eigenvalue weighted by Crippen LogP contribution is 2.24. The number of anilines is 2. The maximum absolute atomic E-state index is 11.8. The van der Waals surface area contributed by atoms with E-state index in [-0.39, 0.29) is 5.91 Å². The quantitative estimate of drug-likeness (QED) is 0.760. The summed E-state index contributed by atoms with van der Waals surface area (Å²) in [6.45, 7) is 8.59. The Labute approximate surface area is 109 Å². The van der Waals surface area contributed by atoms with Gasteiger partial charge in [0.25, 0.3) is 5.91 Å². The minimum Gasteiger partial charge on any atom is -0.397 e. The second-order valence-corrected chi connectivity index (χ2v) is 4.21. The van der Waals surface area contributed by atoms with E-state index in [1.54, 1.807) is 12.1 Å². The van der Waals surface area contributed by atoms with E-state index < -0.39 is 0 Å². The first kappa shape index (κ1) is 14.4. The van der Waals surface area contributed by atoms with Gasteiger partial charge in [0, 0.05) is 25.2 Å². The van der Waals surface area contributed by atoms with Crippen LogP contribution < -0.4 is 16.0 Å². The lowest BCUT2D eigenvalue weighted by Gasteiger charge is -2.24. The van der Waals surface area contributed by atoms with Crippen molar-refractivity contribution in [1.82, 2.24) is 5.32 Å². The molecule has 0 unspecified atom stereocenters. The Morgan fingerprint density at radius 2 is 2.06 bits per heavy atom. The van der Waals surface area contributed by atoms with Crippen LogP contribution in [0.4, 0.5) is 11.4 Å². The molecular formula is C14H23N3O. The Kier molecular flexibility index (Phi) is 5.49. The van der Waals surface area contributed by atoms with Gasteiger partial charge in [-0.15, -0.1) is 0 Å². The van der Waals surface area contributed by atoms with Crippen molar-refractivity contribution in [2.45, 2.75) is 27.2 Å². The number of amides is 1. The summed E-state index contributed by atoms with van der Waals surface area (Å²) in [6.07, 6.45) is 1.05. The summed E-state index contributed by atoms with van der Waals surface area (Å²) in [6, 6.07) is 5.45. The van der Waals surface area contributed by atoms with Gasteiger partial charge in [-0.25, -0.2) is 0 Å². The fourth-order valence-corrected chi connectivity index (χ4v) is 1.94. The van der Waals surface area contributed by atoms with Gasteiger partial charge in [-0.05, 0) is 38.5 Å². The standard InChI is InChI=1S/C14H23N3O/c1-4-9-17(6-3)13-10-11(7-8-12(13)15)14(18)16-5-2/h7-8,10H,4-6,9,15H2,1-3H3,(H,16,18). The number of nitrogens with two attached hydrogens (primary N) is 1. The van der Waals surface area contributed by atoms with Gasteiger partial charge >= 0.3 is 0 Å². The van der Waals surface area contributed by atoms with Crippen LogP contribution >= 0.6 is 0 Å². The van der Waals surface area contributed by atoms with Gasteiger partial charge in [0.05, 0.1) is 11.4 Å². The van der Waals surface area contributed by atoms with Crippen molar-refractivity contribution in [3.8, 4) is 0 Å². The Bertz CT molecular complexity index is 404. The van der Waals surface area contributed by atoms with Gasteiger partial charge in [-0.3, -0.25) is 4.79 Å². The largest absolute Gasteiger partial charge is 0.397 e. The molecule has 1 amide bonds. The first-order chi connectivity index (χ1) is 8.63. The Hall–Kier alpha value is -1.71. The topological polar surface area (TPSA) is 58.4 Å². The summed E-state index contributed by atoms with van der Waals surface area (Å²) in [4.78, 5) is 14.0. The minimum atomic E-state index is -0.0497. The van der Waals surface area contributed by atoms with Gasteiger partial charge in [-0.1, -0.05) is 6.92 Å². The average Bonchev–Trinajstić information content (AvgIpc) is 2.37. The van der Waals surface area contributed by atoms with E-state index in [4.69, 9.17) is 5.73 Å². The summed E-state index contributed by atoms with van der Waals surface area (Å²) in [5.41, 5.74) is 8.33. The molecule has 3 N–H and O–H groups in total. The number of rotatable bonds is 6. The number of benzene rings is 1. The zero-order chi connectivity index (χ0) is 13.5. The van der Waals surface area contributed by atoms with Crippen LogP contribution in [0.2, 0.25) is 0 Å². The molecule has 100 valence electrons. The number of nitrogens with one attached hydrogen (secondary N) is 1. The fraction of sp³-hybridized carbons (Fsp3) is 0.500. The van der Waals surface area contributed by atoms with Gasteiger partial charge in [0.15, 0.2) is 0 Å². The molecule has 0 aromatic heterocycles. The van der Waals surface area contributed by atoms with Gasteiger partial charge in [0.1, 0.15) is 0 Å². The van der Waals surface area contributed by atoms with Crippen LogP contribution in [0.5, 0.6) is 0 Å². The van der Waals surface area contributed by atoms with Crippen molar-refractivity contribution in [3.63, 3.8) is 0 Å². The summed E-state index contributed by atoms with van der Waals surface area (Å²) < 4.78 is 0. The van der Waals surface area contributed by atoms with E-state index in [0.717, 1.165) is 30.9 Å². The van der Waals surface area contributed by atoms with Gasteiger partial charge in [-0.2, -0.15) is 0 Å². The molecule has 0 atom stereocenters. The number of hydrogen-bond acceptors (Lipinski definition) is 3. The predicted molar refractivity (Wildman–Crippen MR) is 77.0 cm³/mol. The molecule has 0 heterocycles. The van der Waals surface area contributed by atoms with Crippen LogP contribution in [-0.4, -0.2) is 25.5 Å². The molecule has 0 aliphatic heterocycles. The number of nitrogen functional groups attached to an aromatic ring is 1. The molecule has 0 saturated heterocycles. The van der Waals surface area contributed by atoms with Crippen LogP contribution in [0.3, 0.4) is 0 Å². The Morgan fingerprint density at radius 1 is 1.33 bits per heavy atom. The highest BCUT2D eigenvalue weighted by Gasteiger charge is 2.11. The predicted octanol–water partition coefficient (Wildman–Crippen LogP) is 2.25. The molecule has 1 aromatic carbocycles. The first-order valence-corrected chi connectivity index (χ1v) is 6.56. The molecule has 0 saturated carbocycles. The molecule has 1 aromatic rings.